The second kappa shape index (κ2) is 6.78. The Balaban J connectivity index is 2.40. The van der Waals surface area contributed by atoms with Crippen LogP contribution in [0, 0.1) is 0 Å². The highest BCUT2D eigenvalue weighted by molar-refractivity contribution is 7.13. The first kappa shape index (κ1) is 15.6. The lowest BCUT2D eigenvalue weighted by Gasteiger charge is -2.13. The number of halogens is 1. The number of hydrogen-bond donors (Lipinski definition) is 1. The predicted molar refractivity (Wildman–Crippen MR) is 81.9 cm³/mol. The van der Waals surface area contributed by atoms with Crippen LogP contribution in [0.2, 0.25) is 5.02 Å². The summed E-state index contributed by atoms with van der Waals surface area (Å²) < 4.78 is 10.9. The molecule has 7 heteroatoms. The molecular formula is C14H14ClNO4S. The van der Waals surface area contributed by atoms with Crippen LogP contribution >= 0.6 is 22.9 Å². The summed E-state index contributed by atoms with van der Waals surface area (Å²) in [5.41, 5.74) is 0.703. The van der Waals surface area contributed by atoms with E-state index in [0.717, 1.165) is 6.42 Å². The fraction of sp³-hybridized carbons (Fsp3) is 0.286. The predicted octanol–water partition coefficient (Wildman–Crippen LogP) is 3.96. The van der Waals surface area contributed by atoms with Gasteiger partial charge < -0.3 is 14.6 Å². The Bertz CT molecular complexity index is 656. The van der Waals surface area contributed by atoms with Crippen LogP contribution in [0.3, 0.4) is 0 Å². The summed E-state index contributed by atoms with van der Waals surface area (Å²) in [6.45, 7) is 2.54. The van der Waals surface area contributed by atoms with Crippen LogP contribution in [0.5, 0.6) is 11.5 Å². The van der Waals surface area contributed by atoms with Gasteiger partial charge in [-0.2, -0.15) is 0 Å². The molecule has 2 aromatic rings. The minimum absolute atomic E-state index is 0.0106. The van der Waals surface area contributed by atoms with Crippen molar-refractivity contribution in [3.8, 4) is 22.1 Å². The van der Waals surface area contributed by atoms with Crippen molar-refractivity contribution in [1.82, 2.24) is 4.98 Å². The van der Waals surface area contributed by atoms with Gasteiger partial charge in [-0.15, -0.1) is 11.3 Å². The highest BCUT2D eigenvalue weighted by Gasteiger charge is 2.16. The Morgan fingerprint density at radius 1 is 1.48 bits per heavy atom. The van der Waals surface area contributed by atoms with Crippen LogP contribution in [-0.2, 0) is 0 Å². The van der Waals surface area contributed by atoms with Gasteiger partial charge in [-0.3, -0.25) is 0 Å². The van der Waals surface area contributed by atoms with E-state index in [9.17, 15) is 4.79 Å². The molecule has 0 radical (unpaired) electrons. The Kier molecular flexibility index (Phi) is 5.03. The Morgan fingerprint density at radius 3 is 2.81 bits per heavy atom. The molecule has 0 amide bonds. The molecule has 0 saturated heterocycles. The number of aromatic carboxylic acids is 1. The van der Waals surface area contributed by atoms with Crippen LogP contribution in [0.4, 0.5) is 0 Å². The van der Waals surface area contributed by atoms with Crippen molar-refractivity contribution >= 4 is 28.9 Å². The lowest BCUT2D eigenvalue weighted by atomic mass is 10.2. The maximum Gasteiger partial charge on any atom is 0.355 e. The maximum absolute atomic E-state index is 10.9. The van der Waals surface area contributed by atoms with Crippen molar-refractivity contribution in [3.05, 3.63) is 28.2 Å². The van der Waals surface area contributed by atoms with Gasteiger partial charge in [0.1, 0.15) is 5.01 Å². The average molecular weight is 328 g/mol. The third-order valence-corrected chi connectivity index (χ3v) is 3.82. The lowest BCUT2D eigenvalue weighted by molar-refractivity contribution is 0.0691. The average Bonchev–Trinajstić information content (AvgIpc) is 2.95. The molecule has 5 nitrogen and oxygen atoms in total. The summed E-state index contributed by atoms with van der Waals surface area (Å²) in [4.78, 5) is 14.9. The van der Waals surface area contributed by atoms with E-state index in [1.165, 1.54) is 23.8 Å². The first-order valence-corrected chi connectivity index (χ1v) is 7.52. The van der Waals surface area contributed by atoms with E-state index >= 15 is 0 Å². The van der Waals surface area contributed by atoms with Gasteiger partial charge in [0.15, 0.2) is 17.2 Å². The minimum atomic E-state index is -1.06. The van der Waals surface area contributed by atoms with Crippen molar-refractivity contribution in [2.75, 3.05) is 13.7 Å². The van der Waals surface area contributed by atoms with Gasteiger partial charge in [0.2, 0.25) is 0 Å². The molecule has 1 N–H and O–H groups in total. The van der Waals surface area contributed by atoms with Gasteiger partial charge >= 0.3 is 5.97 Å². The van der Waals surface area contributed by atoms with Crippen LogP contribution < -0.4 is 9.47 Å². The molecule has 21 heavy (non-hydrogen) atoms. The fourth-order valence-electron chi connectivity index (χ4n) is 1.69. The molecule has 1 aromatic carbocycles. The Morgan fingerprint density at radius 2 is 2.24 bits per heavy atom. The first-order chi connectivity index (χ1) is 10.1. The Hall–Kier alpha value is -1.79. The third kappa shape index (κ3) is 3.46. The van der Waals surface area contributed by atoms with E-state index in [0.29, 0.717) is 33.7 Å². The molecule has 112 valence electrons. The molecular weight excluding hydrogens is 314 g/mol. The van der Waals surface area contributed by atoms with E-state index in [1.807, 2.05) is 6.92 Å². The second-order valence-electron chi connectivity index (χ2n) is 4.18. The van der Waals surface area contributed by atoms with Gasteiger partial charge in [0, 0.05) is 10.9 Å². The molecule has 1 heterocycles. The summed E-state index contributed by atoms with van der Waals surface area (Å²) in [6.07, 6.45) is 0.857. The van der Waals surface area contributed by atoms with Crippen LogP contribution in [0.25, 0.3) is 10.6 Å². The van der Waals surface area contributed by atoms with Crippen molar-refractivity contribution in [2.24, 2.45) is 0 Å². The SMILES string of the molecule is CCCOc1c(Cl)cc(-c2nc(C(=O)O)cs2)cc1OC. The lowest BCUT2D eigenvalue weighted by Crippen LogP contribution is -1.99. The smallest absolute Gasteiger partial charge is 0.355 e. The zero-order chi connectivity index (χ0) is 15.4. The zero-order valence-corrected chi connectivity index (χ0v) is 13.1. The molecule has 0 aliphatic heterocycles. The summed E-state index contributed by atoms with van der Waals surface area (Å²) in [5.74, 6) is -0.0729. The summed E-state index contributed by atoms with van der Waals surface area (Å²) in [5, 5.41) is 11.4. The number of benzene rings is 1. The fourth-order valence-corrected chi connectivity index (χ4v) is 2.74. The van der Waals surface area contributed by atoms with Gasteiger partial charge in [-0.05, 0) is 18.6 Å². The number of carboxylic acid groups (broad SMARTS) is 1. The first-order valence-electron chi connectivity index (χ1n) is 6.26. The van der Waals surface area contributed by atoms with E-state index in [2.05, 4.69) is 4.98 Å². The molecule has 0 unspecified atom stereocenters. The van der Waals surface area contributed by atoms with Gasteiger partial charge in [-0.1, -0.05) is 18.5 Å². The van der Waals surface area contributed by atoms with Gasteiger partial charge in [0.25, 0.3) is 0 Å². The zero-order valence-electron chi connectivity index (χ0n) is 11.6. The number of hydrogen-bond acceptors (Lipinski definition) is 5. The van der Waals surface area contributed by atoms with Crippen molar-refractivity contribution in [3.63, 3.8) is 0 Å². The van der Waals surface area contributed by atoms with Gasteiger partial charge in [-0.25, -0.2) is 9.78 Å². The molecule has 1 aromatic heterocycles. The number of carbonyl (C=O) groups is 1. The van der Waals surface area contributed by atoms with E-state index in [-0.39, 0.29) is 5.69 Å². The van der Waals surface area contributed by atoms with E-state index in [4.69, 9.17) is 26.2 Å². The number of rotatable bonds is 6. The third-order valence-electron chi connectivity index (χ3n) is 2.65. The number of aromatic nitrogens is 1. The van der Waals surface area contributed by atoms with E-state index < -0.39 is 5.97 Å². The highest BCUT2D eigenvalue weighted by atomic mass is 35.5. The molecule has 0 saturated carbocycles. The van der Waals surface area contributed by atoms with Crippen molar-refractivity contribution < 1.29 is 19.4 Å². The summed E-state index contributed by atoms with van der Waals surface area (Å²) in [6, 6.07) is 3.43. The van der Waals surface area contributed by atoms with Crippen LogP contribution in [-0.4, -0.2) is 29.8 Å². The number of ether oxygens (including phenoxy) is 2. The molecule has 0 aliphatic rings. The van der Waals surface area contributed by atoms with Crippen molar-refractivity contribution in [1.29, 1.82) is 0 Å². The molecule has 0 bridgehead atoms. The molecule has 0 aliphatic carbocycles. The monoisotopic (exact) mass is 327 g/mol. The molecule has 2 rings (SSSR count). The summed E-state index contributed by atoms with van der Waals surface area (Å²) in [7, 11) is 1.53. The molecule has 0 spiro atoms. The van der Waals surface area contributed by atoms with Gasteiger partial charge in [0.05, 0.1) is 18.7 Å². The minimum Gasteiger partial charge on any atom is -0.493 e. The topological polar surface area (TPSA) is 68.7 Å². The summed E-state index contributed by atoms with van der Waals surface area (Å²) >= 11 is 7.46. The largest absolute Gasteiger partial charge is 0.493 e. The van der Waals surface area contributed by atoms with Crippen LogP contribution in [0.1, 0.15) is 23.8 Å². The van der Waals surface area contributed by atoms with Crippen molar-refractivity contribution in [2.45, 2.75) is 13.3 Å². The normalized spacial score (nSPS) is 10.4. The van der Waals surface area contributed by atoms with E-state index in [1.54, 1.807) is 12.1 Å². The standard InChI is InChI=1S/C14H14ClNO4S/c1-3-4-20-12-9(15)5-8(6-11(12)19-2)13-16-10(7-21-13)14(17)18/h5-7H,3-4H2,1-2H3,(H,17,18). The van der Waals surface area contributed by atoms with Crippen LogP contribution in [0.15, 0.2) is 17.5 Å². The number of methoxy groups -OCH3 is 1. The Labute approximate surface area is 131 Å². The molecule has 0 fully saturated rings. The number of nitrogens with zero attached hydrogens (tertiary/aromatic N) is 1. The quantitative estimate of drug-likeness (QED) is 0.869. The number of thiazole rings is 1. The highest BCUT2D eigenvalue weighted by Crippen LogP contribution is 2.40. The molecule has 0 atom stereocenters. The number of carboxylic acids is 1. The second-order valence-corrected chi connectivity index (χ2v) is 5.45. The maximum atomic E-state index is 10.9.